The number of aliphatic hydroxyl groups excluding tert-OH is 1. The van der Waals surface area contributed by atoms with E-state index in [1.807, 2.05) is 0 Å². The molecule has 0 rings (SSSR count). The van der Waals surface area contributed by atoms with Crippen molar-refractivity contribution >= 4 is 0 Å². The fourth-order valence-corrected chi connectivity index (χ4v) is 1.65. The SMILES string of the molecule is CC(C)CCC(C)NCC(O)CC(C)C. The largest absolute Gasteiger partial charge is 0.392 e. The zero-order valence-corrected chi connectivity index (χ0v) is 11.1. The van der Waals surface area contributed by atoms with Crippen molar-refractivity contribution in [2.75, 3.05) is 6.54 Å². The van der Waals surface area contributed by atoms with Crippen LogP contribution in [-0.2, 0) is 0 Å². The normalized spacial score (nSPS) is 16.0. The van der Waals surface area contributed by atoms with Crippen molar-refractivity contribution in [1.82, 2.24) is 5.32 Å². The molecule has 0 aliphatic carbocycles. The first kappa shape index (κ1) is 14.9. The average molecular weight is 215 g/mol. The van der Waals surface area contributed by atoms with Crippen LogP contribution in [0.2, 0.25) is 0 Å². The van der Waals surface area contributed by atoms with E-state index in [0.29, 0.717) is 12.0 Å². The Bertz CT molecular complexity index is 145. The molecule has 0 saturated heterocycles. The zero-order valence-electron chi connectivity index (χ0n) is 11.1. The molecule has 0 bridgehead atoms. The highest BCUT2D eigenvalue weighted by Gasteiger charge is 2.09. The number of aliphatic hydroxyl groups is 1. The zero-order chi connectivity index (χ0) is 11.8. The van der Waals surface area contributed by atoms with Gasteiger partial charge in [0.2, 0.25) is 0 Å². The second-order valence-corrected chi connectivity index (χ2v) is 5.56. The molecule has 2 unspecified atom stereocenters. The van der Waals surface area contributed by atoms with Gasteiger partial charge in [-0.1, -0.05) is 27.7 Å². The maximum absolute atomic E-state index is 9.68. The van der Waals surface area contributed by atoms with Crippen LogP contribution >= 0.6 is 0 Å². The Labute approximate surface area is 95.5 Å². The first-order valence-corrected chi connectivity index (χ1v) is 6.33. The Morgan fingerprint density at radius 2 is 1.53 bits per heavy atom. The van der Waals surface area contributed by atoms with Gasteiger partial charge >= 0.3 is 0 Å². The van der Waals surface area contributed by atoms with Crippen molar-refractivity contribution < 1.29 is 5.11 Å². The van der Waals surface area contributed by atoms with Gasteiger partial charge in [-0.3, -0.25) is 0 Å². The van der Waals surface area contributed by atoms with Crippen LogP contribution in [0, 0.1) is 11.8 Å². The van der Waals surface area contributed by atoms with Crippen LogP contribution in [0.1, 0.15) is 53.9 Å². The van der Waals surface area contributed by atoms with Crippen LogP contribution in [0.5, 0.6) is 0 Å². The Kier molecular flexibility index (Phi) is 8.07. The summed E-state index contributed by atoms with van der Waals surface area (Å²) in [4.78, 5) is 0. The molecule has 0 aliphatic heterocycles. The molecule has 0 saturated carbocycles. The summed E-state index contributed by atoms with van der Waals surface area (Å²) in [5.74, 6) is 1.35. The Balaban J connectivity index is 3.48. The van der Waals surface area contributed by atoms with E-state index in [1.165, 1.54) is 12.8 Å². The number of nitrogens with one attached hydrogen (secondary N) is 1. The summed E-state index contributed by atoms with van der Waals surface area (Å²) in [5, 5.41) is 13.1. The minimum Gasteiger partial charge on any atom is -0.392 e. The van der Waals surface area contributed by atoms with E-state index in [0.717, 1.165) is 18.9 Å². The van der Waals surface area contributed by atoms with Gasteiger partial charge in [0.15, 0.2) is 0 Å². The van der Waals surface area contributed by atoms with Gasteiger partial charge in [-0.15, -0.1) is 0 Å². The molecule has 92 valence electrons. The third-order valence-electron chi connectivity index (χ3n) is 2.62. The second-order valence-electron chi connectivity index (χ2n) is 5.56. The number of rotatable bonds is 8. The number of hydrogen-bond donors (Lipinski definition) is 2. The van der Waals surface area contributed by atoms with E-state index in [2.05, 4.69) is 39.9 Å². The van der Waals surface area contributed by atoms with Gasteiger partial charge in [0.25, 0.3) is 0 Å². The molecule has 0 aromatic rings. The van der Waals surface area contributed by atoms with Crippen LogP contribution in [0.25, 0.3) is 0 Å². The third kappa shape index (κ3) is 10.2. The van der Waals surface area contributed by atoms with Crippen LogP contribution in [-0.4, -0.2) is 23.8 Å². The topological polar surface area (TPSA) is 32.3 Å². The fourth-order valence-electron chi connectivity index (χ4n) is 1.65. The van der Waals surface area contributed by atoms with Crippen LogP contribution < -0.4 is 5.32 Å². The maximum Gasteiger partial charge on any atom is 0.0667 e. The summed E-state index contributed by atoms with van der Waals surface area (Å²) in [6, 6.07) is 0.522. The van der Waals surface area contributed by atoms with E-state index in [-0.39, 0.29) is 6.10 Å². The molecular weight excluding hydrogens is 186 g/mol. The highest BCUT2D eigenvalue weighted by molar-refractivity contribution is 4.67. The van der Waals surface area contributed by atoms with Gasteiger partial charge < -0.3 is 10.4 Å². The lowest BCUT2D eigenvalue weighted by Gasteiger charge is -2.18. The van der Waals surface area contributed by atoms with Crippen molar-refractivity contribution in [1.29, 1.82) is 0 Å². The maximum atomic E-state index is 9.68. The van der Waals surface area contributed by atoms with Crippen molar-refractivity contribution in [3.8, 4) is 0 Å². The van der Waals surface area contributed by atoms with E-state index >= 15 is 0 Å². The molecule has 0 spiro atoms. The first-order chi connectivity index (χ1) is 6.91. The van der Waals surface area contributed by atoms with Crippen molar-refractivity contribution in [2.24, 2.45) is 11.8 Å². The lowest BCUT2D eigenvalue weighted by molar-refractivity contribution is 0.142. The summed E-state index contributed by atoms with van der Waals surface area (Å²) < 4.78 is 0. The second kappa shape index (κ2) is 8.12. The van der Waals surface area contributed by atoms with Crippen molar-refractivity contribution in [3.05, 3.63) is 0 Å². The molecule has 2 heteroatoms. The molecule has 0 heterocycles. The Hall–Kier alpha value is -0.0800. The van der Waals surface area contributed by atoms with Gasteiger partial charge in [0.05, 0.1) is 6.10 Å². The van der Waals surface area contributed by atoms with Gasteiger partial charge in [-0.2, -0.15) is 0 Å². The first-order valence-electron chi connectivity index (χ1n) is 6.33. The van der Waals surface area contributed by atoms with E-state index in [9.17, 15) is 5.11 Å². The molecule has 0 fully saturated rings. The summed E-state index contributed by atoms with van der Waals surface area (Å²) in [5.41, 5.74) is 0. The van der Waals surface area contributed by atoms with Crippen LogP contribution in [0.3, 0.4) is 0 Å². The lowest BCUT2D eigenvalue weighted by Crippen LogP contribution is -2.34. The van der Waals surface area contributed by atoms with E-state index in [1.54, 1.807) is 0 Å². The summed E-state index contributed by atoms with van der Waals surface area (Å²) >= 11 is 0. The fraction of sp³-hybridized carbons (Fsp3) is 1.00. The van der Waals surface area contributed by atoms with Crippen LogP contribution in [0.15, 0.2) is 0 Å². The molecule has 0 radical (unpaired) electrons. The van der Waals surface area contributed by atoms with Gasteiger partial charge in [-0.05, 0) is 38.0 Å². The predicted molar refractivity (Wildman–Crippen MR) is 67.0 cm³/mol. The van der Waals surface area contributed by atoms with E-state index in [4.69, 9.17) is 0 Å². The molecule has 2 nitrogen and oxygen atoms in total. The van der Waals surface area contributed by atoms with Crippen LogP contribution in [0.4, 0.5) is 0 Å². The summed E-state index contributed by atoms with van der Waals surface area (Å²) in [6.45, 7) is 11.7. The summed E-state index contributed by atoms with van der Waals surface area (Å²) in [6.07, 6.45) is 3.16. The molecule has 15 heavy (non-hydrogen) atoms. The van der Waals surface area contributed by atoms with Gasteiger partial charge in [0.1, 0.15) is 0 Å². The predicted octanol–water partition coefficient (Wildman–Crippen LogP) is 2.81. The van der Waals surface area contributed by atoms with E-state index < -0.39 is 0 Å². The Morgan fingerprint density at radius 3 is 2.00 bits per heavy atom. The quantitative estimate of drug-likeness (QED) is 0.652. The summed E-state index contributed by atoms with van der Waals surface area (Å²) in [7, 11) is 0. The molecule has 0 aromatic heterocycles. The molecular formula is C13H29NO. The van der Waals surface area contributed by atoms with Crippen molar-refractivity contribution in [3.63, 3.8) is 0 Å². The molecule has 2 atom stereocenters. The smallest absolute Gasteiger partial charge is 0.0667 e. The highest BCUT2D eigenvalue weighted by Crippen LogP contribution is 2.07. The molecule has 0 aliphatic rings. The highest BCUT2D eigenvalue weighted by atomic mass is 16.3. The third-order valence-corrected chi connectivity index (χ3v) is 2.62. The minimum absolute atomic E-state index is 0.188. The lowest BCUT2D eigenvalue weighted by atomic mass is 10.0. The molecule has 0 amide bonds. The number of hydrogen-bond acceptors (Lipinski definition) is 2. The Morgan fingerprint density at radius 1 is 0.933 bits per heavy atom. The van der Waals surface area contributed by atoms with Crippen molar-refractivity contribution in [2.45, 2.75) is 66.0 Å². The van der Waals surface area contributed by atoms with Gasteiger partial charge in [0, 0.05) is 12.6 Å². The monoisotopic (exact) mass is 215 g/mol. The average Bonchev–Trinajstić information content (AvgIpc) is 2.10. The standard InChI is InChI=1S/C13H29NO/c1-10(2)6-7-12(5)14-9-13(15)8-11(3)4/h10-15H,6-9H2,1-5H3. The minimum atomic E-state index is -0.188. The molecule has 2 N–H and O–H groups in total. The molecule has 0 aromatic carbocycles. The van der Waals surface area contributed by atoms with Gasteiger partial charge in [-0.25, -0.2) is 0 Å².